The highest BCUT2D eigenvalue weighted by molar-refractivity contribution is 5.87. The van der Waals surface area contributed by atoms with Gasteiger partial charge in [-0.2, -0.15) is 0 Å². The zero-order valence-electron chi connectivity index (χ0n) is 15.9. The molecule has 5 heteroatoms. The Morgan fingerprint density at radius 1 is 0.963 bits per heavy atom. The third-order valence-electron chi connectivity index (χ3n) is 3.44. The average Bonchev–Trinajstić information content (AvgIpc) is 2.63. The molecule has 142 valence electrons. The van der Waals surface area contributed by atoms with Crippen LogP contribution >= 0.6 is 0 Å². The molecule has 1 amide bonds. The number of carbonyl (C=O) groups excluding carboxylic acids is 2. The zero-order chi connectivity index (χ0) is 19.7. The molecule has 2 aromatic rings. The van der Waals surface area contributed by atoms with E-state index in [9.17, 15) is 9.59 Å². The Morgan fingerprint density at radius 3 is 2.22 bits per heavy atom. The van der Waals surface area contributed by atoms with Crippen molar-refractivity contribution >= 4 is 18.1 Å². The van der Waals surface area contributed by atoms with E-state index < -0.39 is 17.7 Å². The Labute approximate surface area is 160 Å². The molecule has 0 aliphatic rings. The summed E-state index contributed by atoms with van der Waals surface area (Å²) in [6.45, 7) is 5.62. The molecular weight excluding hydrogens is 342 g/mol. The number of alkyl carbamates (subject to hydrolysis) is 1. The highest BCUT2D eigenvalue weighted by atomic mass is 16.6. The lowest BCUT2D eigenvalue weighted by atomic mass is 10.0. The lowest BCUT2D eigenvalue weighted by molar-refractivity contribution is -0.137. The second kappa shape index (κ2) is 9.57. The van der Waals surface area contributed by atoms with Crippen molar-refractivity contribution in [3.05, 3.63) is 66.2 Å². The number of rotatable bonds is 6. The molecule has 1 N–H and O–H groups in total. The highest BCUT2D eigenvalue weighted by Crippen LogP contribution is 2.19. The van der Waals surface area contributed by atoms with Crippen LogP contribution in [0.2, 0.25) is 0 Å². The van der Waals surface area contributed by atoms with Crippen molar-refractivity contribution in [1.82, 2.24) is 5.32 Å². The summed E-state index contributed by atoms with van der Waals surface area (Å²) in [4.78, 5) is 23.2. The van der Waals surface area contributed by atoms with Gasteiger partial charge in [0.1, 0.15) is 12.2 Å². The number of hydrogen-bond donors (Lipinski definition) is 1. The molecule has 0 aromatic heterocycles. The molecule has 27 heavy (non-hydrogen) atoms. The first kappa shape index (κ1) is 20.2. The first-order valence-electron chi connectivity index (χ1n) is 8.81. The van der Waals surface area contributed by atoms with Crippen LogP contribution in [0.25, 0.3) is 17.2 Å². The Morgan fingerprint density at radius 2 is 1.59 bits per heavy atom. The molecule has 0 heterocycles. The smallest absolute Gasteiger partial charge is 0.407 e. The SMILES string of the molecule is CC(C)(C)OC(=O)NCCOC(=O)/C=C/c1ccc(-c2ccccc2)cc1. The van der Waals surface area contributed by atoms with Crippen molar-refractivity contribution in [3.63, 3.8) is 0 Å². The van der Waals surface area contributed by atoms with E-state index in [2.05, 4.69) is 5.32 Å². The molecule has 0 spiro atoms. The molecule has 0 unspecified atom stereocenters. The molecule has 0 fully saturated rings. The number of ether oxygens (including phenoxy) is 2. The van der Waals surface area contributed by atoms with Crippen LogP contribution in [0, 0.1) is 0 Å². The summed E-state index contributed by atoms with van der Waals surface area (Å²) in [5.74, 6) is -0.465. The minimum atomic E-state index is -0.556. The number of benzene rings is 2. The Bertz CT molecular complexity index is 774. The van der Waals surface area contributed by atoms with Crippen LogP contribution in [0.15, 0.2) is 60.7 Å². The largest absolute Gasteiger partial charge is 0.461 e. The number of carbonyl (C=O) groups is 2. The van der Waals surface area contributed by atoms with Crippen LogP contribution in [0.1, 0.15) is 26.3 Å². The fourth-order valence-corrected chi connectivity index (χ4v) is 2.25. The van der Waals surface area contributed by atoms with Gasteiger partial charge >= 0.3 is 12.1 Å². The lowest BCUT2D eigenvalue weighted by Gasteiger charge is -2.19. The van der Waals surface area contributed by atoms with Crippen LogP contribution in [0.5, 0.6) is 0 Å². The molecule has 0 radical (unpaired) electrons. The number of esters is 1. The van der Waals surface area contributed by atoms with Gasteiger partial charge in [-0.25, -0.2) is 9.59 Å². The van der Waals surface area contributed by atoms with Crippen molar-refractivity contribution in [1.29, 1.82) is 0 Å². The van der Waals surface area contributed by atoms with Crippen molar-refractivity contribution in [2.24, 2.45) is 0 Å². The Hall–Kier alpha value is -3.08. The zero-order valence-corrected chi connectivity index (χ0v) is 15.9. The van der Waals surface area contributed by atoms with Crippen LogP contribution in [0.4, 0.5) is 4.79 Å². The van der Waals surface area contributed by atoms with E-state index in [1.54, 1.807) is 26.8 Å². The molecule has 2 aromatic carbocycles. The van der Waals surface area contributed by atoms with Gasteiger partial charge in [-0.05, 0) is 43.5 Å². The molecule has 0 atom stereocenters. The maximum Gasteiger partial charge on any atom is 0.407 e. The van der Waals surface area contributed by atoms with E-state index in [-0.39, 0.29) is 13.2 Å². The summed E-state index contributed by atoms with van der Waals surface area (Å²) in [6.07, 6.45) is 2.52. The van der Waals surface area contributed by atoms with Gasteiger partial charge in [0.05, 0.1) is 6.54 Å². The van der Waals surface area contributed by atoms with E-state index in [0.29, 0.717) is 0 Å². The maximum absolute atomic E-state index is 11.7. The summed E-state index contributed by atoms with van der Waals surface area (Å²) in [5.41, 5.74) is 2.60. The van der Waals surface area contributed by atoms with E-state index in [0.717, 1.165) is 16.7 Å². The molecule has 5 nitrogen and oxygen atoms in total. The van der Waals surface area contributed by atoms with Crippen LogP contribution in [0.3, 0.4) is 0 Å². The third kappa shape index (κ3) is 7.77. The van der Waals surface area contributed by atoms with Gasteiger partial charge in [-0.3, -0.25) is 0 Å². The average molecular weight is 367 g/mol. The highest BCUT2D eigenvalue weighted by Gasteiger charge is 2.15. The fourth-order valence-electron chi connectivity index (χ4n) is 2.25. The minimum Gasteiger partial charge on any atom is -0.461 e. The molecule has 0 aliphatic carbocycles. The van der Waals surface area contributed by atoms with Crippen LogP contribution in [-0.2, 0) is 14.3 Å². The first-order chi connectivity index (χ1) is 12.8. The van der Waals surface area contributed by atoms with E-state index >= 15 is 0 Å². The monoisotopic (exact) mass is 367 g/mol. The van der Waals surface area contributed by atoms with Crippen molar-refractivity contribution in [3.8, 4) is 11.1 Å². The Kier molecular flexibility index (Phi) is 7.17. The summed E-state index contributed by atoms with van der Waals surface area (Å²) in [7, 11) is 0. The standard InChI is InChI=1S/C22H25NO4/c1-22(2,3)27-21(25)23-15-16-26-20(24)14-11-17-9-12-19(13-10-17)18-7-5-4-6-8-18/h4-14H,15-16H2,1-3H3,(H,23,25)/b14-11+. The van der Waals surface area contributed by atoms with E-state index in [4.69, 9.17) is 9.47 Å². The molecule has 0 saturated carbocycles. The van der Waals surface area contributed by atoms with Gasteiger partial charge < -0.3 is 14.8 Å². The second-order valence-electron chi connectivity index (χ2n) is 6.92. The second-order valence-corrected chi connectivity index (χ2v) is 6.92. The van der Waals surface area contributed by atoms with Crippen LogP contribution < -0.4 is 5.32 Å². The van der Waals surface area contributed by atoms with Crippen molar-refractivity contribution < 1.29 is 19.1 Å². The maximum atomic E-state index is 11.7. The lowest BCUT2D eigenvalue weighted by Crippen LogP contribution is -2.34. The number of amides is 1. The topological polar surface area (TPSA) is 64.6 Å². The molecular formula is C22H25NO4. The quantitative estimate of drug-likeness (QED) is 0.466. The molecule has 0 bridgehead atoms. The molecule has 0 saturated heterocycles. The first-order valence-corrected chi connectivity index (χ1v) is 8.81. The van der Waals surface area contributed by atoms with E-state index in [1.807, 2.05) is 54.6 Å². The molecule has 2 rings (SSSR count). The van der Waals surface area contributed by atoms with Crippen molar-refractivity contribution in [2.75, 3.05) is 13.2 Å². The Balaban J connectivity index is 1.74. The van der Waals surface area contributed by atoms with Gasteiger partial charge in [0, 0.05) is 6.08 Å². The van der Waals surface area contributed by atoms with Crippen LogP contribution in [-0.4, -0.2) is 30.8 Å². The summed E-state index contributed by atoms with van der Waals surface area (Å²) in [6, 6.07) is 18.0. The van der Waals surface area contributed by atoms with Gasteiger partial charge in [-0.15, -0.1) is 0 Å². The predicted molar refractivity (Wildman–Crippen MR) is 106 cm³/mol. The van der Waals surface area contributed by atoms with Gasteiger partial charge in [0.2, 0.25) is 0 Å². The van der Waals surface area contributed by atoms with E-state index in [1.165, 1.54) is 6.08 Å². The normalized spacial score (nSPS) is 11.2. The minimum absolute atomic E-state index is 0.0787. The van der Waals surface area contributed by atoms with Crippen molar-refractivity contribution in [2.45, 2.75) is 26.4 Å². The summed E-state index contributed by atoms with van der Waals surface area (Å²) >= 11 is 0. The van der Waals surface area contributed by atoms with Gasteiger partial charge in [0.25, 0.3) is 0 Å². The number of nitrogens with one attached hydrogen (secondary N) is 1. The summed E-state index contributed by atoms with van der Waals surface area (Å²) in [5, 5.41) is 2.53. The van der Waals surface area contributed by atoms with Gasteiger partial charge in [0.15, 0.2) is 0 Å². The van der Waals surface area contributed by atoms with Gasteiger partial charge in [-0.1, -0.05) is 54.6 Å². The number of hydrogen-bond acceptors (Lipinski definition) is 4. The fraction of sp³-hybridized carbons (Fsp3) is 0.273. The molecule has 0 aliphatic heterocycles. The predicted octanol–water partition coefficient (Wildman–Crippen LogP) is 4.43. The third-order valence-corrected chi connectivity index (χ3v) is 3.44. The summed E-state index contributed by atoms with van der Waals surface area (Å²) < 4.78 is 10.1.